The molecule has 3 aromatic rings. The predicted octanol–water partition coefficient (Wildman–Crippen LogP) is 2.68. The molecule has 0 bridgehead atoms. The van der Waals surface area contributed by atoms with Gasteiger partial charge in [0.1, 0.15) is 17.8 Å². The van der Waals surface area contributed by atoms with Crippen molar-refractivity contribution in [2.75, 3.05) is 44.3 Å². The van der Waals surface area contributed by atoms with Gasteiger partial charge in [-0.2, -0.15) is 0 Å². The van der Waals surface area contributed by atoms with Crippen molar-refractivity contribution in [1.29, 1.82) is 0 Å². The zero-order valence-electron chi connectivity index (χ0n) is 21.5. The molecule has 3 fully saturated rings. The van der Waals surface area contributed by atoms with Crippen LogP contribution in [0, 0.1) is 10.8 Å². The topological polar surface area (TPSA) is 96.8 Å². The number of nitrogens with zero attached hydrogens (tertiary/aromatic N) is 4. The third kappa shape index (κ3) is 4.43. The largest absolute Gasteiger partial charge is 0.380 e. The Morgan fingerprint density at radius 3 is 2.42 bits per heavy atom. The standard InChI is InChI=1S/C28H30ClN5O4/c1-27(2)12-33(13-27)23(35)11-34-24-20(22(7-8-30-24)32-14-28(15-32)16-38-17-28)9-21(26(34)37)25(36)31-10-18-3-5-19(29)6-4-18/h3-9H,10-17H2,1-2H3,(H,31,36). The molecule has 1 N–H and O–H groups in total. The molecule has 2 amide bonds. The molecule has 3 saturated heterocycles. The number of nitrogens with one attached hydrogen (secondary N) is 1. The maximum absolute atomic E-state index is 13.6. The van der Waals surface area contributed by atoms with E-state index in [9.17, 15) is 14.4 Å². The minimum atomic E-state index is -0.531. The minimum Gasteiger partial charge on any atom is -0.380 e. The Bertz CT molecular complexity index is 1480. The molecule has 1 aromatic carbocycles. The van der Waals surface area contributed by atoms with Gasteiger partial charge in [0.15, 0.2) is 0 Å². The third-order valence-electron chi connectivity index (χ3n) is 7.67. The van der Waals surface area contributed by atoms with Gasteiger partial charge in [0.2, 0.25) is 5.91 Å². The van der Waals surface area contributed by atoms with Gasteiger partial charge in [-0.3, -0.25) is 19.0 Å². The van der Waals surface area contributed by atoms with Crippen LogP contribution in [0.25, 0.3) is 11.0 Å². The summed E-state index contributed by atoms with van der Waals surface area (Å²) in [5, 5.41) is 4.13. The Kier molecular flexibility index (Phi) is 5.96. The van der Waals surface area contributed by atoms with E-state index < -0.39 is 11.5 Å². The lowest BCUT2D eigenvalue weighted by molar-refractivity contribution is -0.142. The van der Waals surface area contributed by atoms with Gasteiger partial charge in [0.05, 0.1) is 18.6 Å². The summed E-state index contributed by atoms with van der Waals surface area (Å²) in [5.74, 6) is -0.659. The van der Waals surface area contributed by atoms with Gasteiger partial charge in [-0.05, 0) is 35.2 Å². The second-order valence-corrected chi connectivity index (χ2v) is 12.0. The molecule has 38 heavy (non-hydrogen) atoms. The van der Waals surface area contributed by atoms with Crippen LogP contribution in [0.5, 0.6) is 0 Å². The Morgan fingerprint density at radius 2 is 1.79 bits per heavy atom. The molecular formula is C28H30ClN5O4. The van der Waals surface area contributed by atoms with Crippen LogP contribution in [0.4, 0.5) is 5.69 Å². The van der Waals surface area contributed by atoms with Crippen molar-refractivity contribution in [3.63, 3.8) is 0 Å². The number of halogens is 1. The number of aromatic nitrogens is 2. The van der Waals surface area contributed by atoms with Gasteiger partial charge >= 0.3 is 0 Å². The summed E-state index contributed by atoms with van der Waals surface area (Å²) >= 11 is 5.97. The lowest BCUT2D eigenvalue weighted by atomic mass is 9.77. The van der Waals surface area contributed by atoms with E-state index in [0.29, 0.717) is 29.1 Å². The molecule has 0 unspecified atom stereocenters. The van der Waals surface area contributed by atoms with Crippen LogP contribution in [-0.2, 0) is 22.6 Å². The number of rotatable bonds is 6. The Labute approximate surface area is 225 Å². The number of likely N-dealkylation sites (tertiary alicyclic amines) is 1. The van der Waals surface area contributed by atoms with Gasteiger partial charge in [0.25, 0.3) is 11.5 Å². The molecule has 1 spiro atoms. The average molecular weight is 536 g/mol. The van der Waals surface area contributed by atoms with E-state index in [4.69, 9.17) is 16.3 Å². The second kappa shape index (κ2) is 9.10. The molecule has 0 radical (unpaired) electrons. The summed E-state index contributed by atoms with van der Waals surface area (Å²) in [4.78, 5) is 48.5. The second-order valence-electron chi connectivity index (χ2n) is 11.6. The fraction of sp³-hybridized carbons (Fsp3) is 0.429. The first-order valence-electron chi connectivity index (χ1n) is 12.8. The van der Waals surface area contributed by atoms with Crippen LogP contribution in [-0.4, -0.2) is 65.7 Å². The Hall–Kier alpha value is -3.43. The lowest BCUT2D eigenvalue weighted by Crippen LogP contribution is -2.66. The quantitative estimate of drug-likeness (QED) is 0.521. The van der Waals surface area contributed by atoms with E-state index in [2.05, 4.69) is 29.0 Å². The fourth-order valence-corrected chi connectivity index (χ4v) is 5.75. The molecule has 5 heterocycles. The van der Waals surface area contributed by atoms with Crippen molar-refractivity contribution in [2.45, 2.75) is 26.9 Å². The van der Waals surface area contributed by atoms with Crippen LogP contribution in [0.15, 0.2) is 47.4 Å². The first-order chi connectivity index (χ1) is 18.1. The molecule has 6 rings (SSSR count). The molecule has 0 aliphatic carbocycles. The van der Waals surface area contributed by atoms with Gasteiger partial charge in [-0.25, -0.2) is 4.98 Å². The number of anilines is 1. The molecule has 2 aromatic heterocycles. The lowest BCUT2D eigenvalue weighted by Gasteiger charge is -2.56. The number of fused-ring (bicyclic) bond motifs is 1. The first-order valence-corrected chi connectivity index (χ1v) is 13.2. The molecular weight excluding hydrogens is 506 g/mol. The molecule has 0 atom stereocenters. The van der Waals surface area contributed by atoms with Crippen LogP contribution < -0.4 is 15.8 Å². The summed E-state index contributed by atoms with van der Waals surface area (Å²) in [6.45, 7) is 8.72. The van der Waals surface area contributed by atoms with Crippen LogP contribution >= 0.6 is 11.6 Å². The first kappa shape index (κ1) is 24.9. The van der Waals surface area contributed by atoms with E-state index >= 15 is 0 Å². The van der Waals surface area contributed by atoms with Gasteiger partial charge < -0.3 is 19.9 Å². The van der Waals surface area contributed by atoms with Crippen molar-refractivity contribution >= 4 is 40.1 Å². The number of hydrogen-bond acceptors (Lipinski definition) is 6. The maximum atomic E-state index is 13.6. The highest BCUT2D eigenvalue weighted by Crippen LogP contribution is 2.42. The van der Waals surface area contributed by atoms with Crippen molar-refractivity contribution < 1.29 is 14.3 Å². The molecule has 198 valence electrons. The molecule has 0 saturated carbocycles. The summed E-state index contributed by atoms with van der Waals surface area (Å²) < 4.78 is 6.77. The smallest absolute Gasteiger partial charge is 0.265 e. The van der Waals surface area contributed by atoms with Gasteiger partial charge in [-0.15, -0.1) is 0 Å². The minimum absolute atomic E-state index is 0.0142. The number of benzene rings is 1. The van der Waals surface area contributed by atoms with Crippen molar-refractivity contribution in [3.8, 4) is 0 Å². The van der Waals surface area contributed by atoms with Crippen molar-refractivity contribution in [2.24, 2.45) is 10.8 Å². The molecule has 3 aliphatic rings. The Balaban J connectivity index is 1.35. The highest BCUT2D eigenvalue weighted by molar-refractivity contribution is 6.30. The van der Waals surface area contributed by atoms with Crippen LogP contribution in [0.1, 0.15) is 29.8 Å². The van der Waals surface area contributed by atoms with E-state index in [1.165, 1.54) is 4.57 Å². The number of carbonyl (C=O) groups excluding carboxylic acids is 2. The number of pyridine rings is 2. The normalized spacial score (nSPS) is 19.0. The highest BCUT2D eigenvalue weighted by atomic mass is 35.5. The SMILES string of the molecule is CC1(C)CN(C(=O)Cn2c(=O)c(C(=O)NCc3ccc(Cl)cc3)cc3c(N4CC5(COC5)C4)ccnc32)C1. The third-order valence-corrected chi connectivity index (χ3v) is 7.92. The summed E-state index contributed by atoms with van der Waals surface area (Å²) in [6.07, 6.45) is 1.66. The molecule has 10 heteroatoms. The van der Waals surface area contributed by atoms with Gasteiger partial charge in [-0.1, -0.05) is 37.6 Å². The van der Waals surface area contributed by atoms with Crippen molar-refractivity contribution in [3.05, 3.63) is 69.1 Å². The van der Waals surface area contributed by atoms with Crippen LogP contribution in [0.3, 0.4) is 0 Å². The number of amides is 2. The maximum Gasteiger partial charge on any atom is 0.265 e. The number of ether oxygens (including phenoxy) is 1. The fourth-order valence-electron chi connectivity index (χ4n) is 5.62. The highest BCUT2D eigenvalue weighted by Gasteiger charge is 2.49. The number of carbonyl (C=O) groups is 2. The predicted molar refractivity (Wildman–Crippen MR) is 144 cm³/mol. The zero-order chi connectivity index (χ0) is 26.7. The van der Waals surface area contributed by atoms with Crippen LogP contribution in [0.2, 0.25) is 5.02 Å². The van der Waals surface area contributed by atoms with Gasteiger partial charge in [0, 0.05) is 55.0 Å². The zero-order valence-corrected chi connectivity index (χ0v) is 22.3. The Morgan fingerprint density at radius 1 is 1.08 bits per heavy atom. The molecule has 3 aliphatic heterocycles. The summed E-state index contributed by atoms with van der Waals surface area (Å²) in [7, 11) is 0. The number of hydrogen-bond donors (Lipinski definition) is 1. The molecule has 9 nitrogen and oxygen atoms in total. The van der Waals surface area contributed by atoms with E-state index in [1.807, 2.05) is 18.2 Å². The van der Waals surface area contributed by atoms with E-state index in [0.717, 1.165) is 37.6 Å². The summed E-state index contributed by atoms with van der Waals surface area (Å²) in [6, 6.07) is 10.7. The van der Waals surface area contributed by atoms with E-state index in [1.54, 1.807) is 29.3 Å². The van der Waals surface area contributed by atoms with Crippen molar-refractivity contribution in [1.82, 2.24) is 19.8 Å². The summed E-state index contributed by atoms with van der Waals surface area (Å²) in [5.41, 5.74) is 1.86. The van der Waals surface area contributed by atoms with E-state index in [-0.39, 0.29) is 35.4 Å². The average Bonchev–Trinajstić information content (AvgIpc) is 2.81. The monoisotopic (exact) mass is 535 g/mol.